The minimum atomic E-state index is -0.487. The number of carbonyl (C=O) groups excluding carboxylic acids is 1. The summed E-state index contributed by atoms with van der Waals surface area (Å²) in [6.07, 6.45) is 5.08. The molecule has 0 aliphatic carbocycles. The molecule has 0 radical (unpaired) electrons. The number of thiocarbonyl (C=S) groups is 1. The molecule has 2 aromatic rings. The van der Waals surface area contributed by atoms with Gasteiger partial charge in [0.2, 0.25) is 0 Å². The fourth-order valence-electron chi connectivity index (χ4n) is 3.84. The molecular formula is C16H20N6O2S. The molecule has 2 bridgehead atoms. The highest BCUT2D eigenvalue weighted by atomic mass is 32.1. The number of hydrogen-bond donors (Lipinski definition) is 2. The van der Waals surface area contributed by atoms with E-state index < -0.39 is 6.09 Å². The fourth-order valence-corrected chi connectivity index (χ4v) is 4.22. The van der Waals surface area contributed by atoms with Gasteiger partial charge in [-0.15, -0.1) is 0 Å². The molecule has 0 saturated carbocycles. The van der Waals surface area contributed by atoms with Gasteiger partial charge in [-0.05, 0) is 38.0 Å². The Morgan fingerprint density at radius 2 is 2.16 bits per heavy atom. The Kier molecular flexibility index (Phi) is 4.16. The van der Waals surface area contributed by atoms with Crippen LogP contribution in [0, 0.1) is 0 Å². The van der Waals surface area contributed by atoms with E-state index in [1.807, 2.05) is 12.3 Å². The van der Waals surface area contributed by atoms with Gasteiger partial charge in [-0.25, -0.2) is 14.8 Å². The van der Waals surface area contributed by atoms with Crippen molar-refractivity contribution in [2.24, 2.45) is 0 Å². The molecule has 4 rings (SSSR count). The molecule has 2 fully saturated rings. The number of nitrogens with one attached hydrogen (secondary N) is 2. The first-order valence-electron chi connectivity index (χ1n) is 8.46. The molecule has 2 aliphatic rings. The SMILES string of the molecule is CCOC(=O)NC(=S)N1C2CCC1CN(c1ncnc3[nH]ccc13)C2. The summed E-state index contributed by atoms with van der Waals surface area (Å²) in [4.78, 5) is 28.0. The van der Waals surface area contributed by atoms with Crippen LogP contribution < -0.4 is 10.2 Å². The van der Waals surface area contributed by atoms with Crippen LogP contribution in [0.3, 0.4) is 0 Å². The normalized spacial score (nSPS) is 22.3. The van der Waals surface area contributed by atoms with Gasteiger partial charge in [0.15, 0.2) is 5.11 Å². The van der Waals surface area contributed by atoms with Crippen molar-refractivity contribution in [3.63, 3.8) is 0 Å². The third-order valence-corrected chi connectivity index (χ3v) is 5.15. The molecule has 2 aromatic heterocycles. The number of rotatable bonds is 2. The number of aromatic nitrogens is 3. The molecule has 8 nitrogen and oxygen atoms in total. The Labute approximate surface area is 150 Å². The average Bonchev–Trinajstić information content (AvgIpc) is 3.17. The standard InChI is InChI=1S/C16H20N6O2S/c1-2-24-16(23)20-15(25)22-10-3-4-11(22)8-21(7-10)14-12-5-6-17-13(12)18-9-19-14/h5-6,9-11H,2-4,7-8H2,1H3,(H,17,18,19)(H,20,23,25). The van der Waals surface area contributed by atoms with Crippen LogP contribution in [0.25, 0.3) is 11.0 Å². The molecule has 2 N–H and O–H groups in total. The molecule has 0 spiro atoms. The van der Waals surface area contributed by atoms with Crippen molar-refractivity contribution >= 4 is 40.3 Å². The Balaban J connectivity index is 1.51. The van der Waals surface area contributed by atoms with Gasteiger partial charge in [-0.3, -0.25) is 5.32 Å². The van der Waals surface area contributed by atoms with Gasteiger partial charge in [-0.2, -0.15) is 0 Å². The Morgan fingerprint density at radius 3 is 2.88 bits per heavy atom. The highest BCUT2D eigenvalue weighted by Gasteiger charge is 2.42. The van der Waals surface area contributed by atoms with Crippen LogP contribution in [-0.2, 0) is 4.74 Å². The minimum Gasteiger partial charge on any atom is -0.450 e. The second-order valence-electron chi connectivity index (χ2n) is 6.29. The number of aromatic amines is 1. The van der Waals surface area contributed by atoms with Gasteiger partial charge >= 0.3 is 6.09 Å². The van der Waals surface area contributed by atoms with Crippen LogP contribution in [0.15, 0.2) is 18.6 Å². The molecule has 2 atom stereocenters. The van der Waals surface area contributed by atoms with E-state index in [0.29, 0.717) is 11.7 Å². The predicted octanol–water partition coefficient (Wildman–Crippen LogP) is 1.64. The molecule has 2 unspecified atom stereocenters. The van der Waals surface area contributed by atoms with Crippen LogP contribution in [0.5, 0.6) is 0 Å². The zero-order valence-electron chi connectivity index (χ0n) is 13.9. The van der Waals surface area contributed by atoms with Crippen LogP contribution in [0.2, 0.25) is 0 Å². The summed E-state index contributed by atoms with van der Waals surface area (Å²) < 4.78 is 4.93. The van der Waals surface area contributed by atoms with Crippen molar-refractivity contribution in [2.45, 2.75) is 31.8 Å². The smallest absolute Gasteiger partial charge is 0.413 e. The van der Waals surface area contributed by atoms with Gasteiger partial charge < -0.3 is 19.5 Å². The van der Waals surface area contributed by atoms with E-state index in [-0.39, 0.29) is 12.1 Å². The summed E-state index contributed by atoms with van der Waals surface area (Å²) in [7, 11) is 0. The molecule has 25 heavy (non-hydrogen) atoms. The van der Waals surface area contributed by atoms with E-state index in [0.717, 1.165) is 42.8 Å². The highest BCUT2D eigenvalue weighted by Crippen LogP contribution is 2.34. The number of hydrogen-bond acceptors (Lipinski definition) is 6. The lowest BCUT2D eigenvalue weighted by Gasteiger charge is -2.42. The summed E-state index contributed by atoms with van der Waals surface area (Å²) in [5.41, 5.74) is 0.847. The Bertz CT molecular complexity index is 795. The van der Waals surface area contributed by atoms with Crippen LogP contribution in [-0.4, -0.2) is 62.8 Å². The Morgan fingerprint density at radius 1 is 1.40 bits per heavy atom. The zero-order chi connectivity index (χ0) is 17.4. The van der Waals surface area contributed by atoms with Crippen LogP contribution in [0.4, 0.5) is 10.6 Å². The second kappa shape index (κ2) is 6.47. The zero-order valence-corrected chi connectivity index (χ0v) is 14.8. The molecular weight excluding hydrogens is 340 g/mol. The number of piperazine rings is 1. The Hall–Kier alpha value is -2.42. The van der Waals surface area contributed by atoms with E-state index in [4.69, 9.17) is 17.0 Å². The third kappa shape index (κ3) is 2.88. The van der Waals surface area contributed by atoms with Crippen molar-refractivity contribution in [3.05, 3.63) is 18.6 Å². The monoisotopic (exact) mass is 360 g/mol. The van der Waals surface area contributed by atoms with E-state index in [2.05, 4.69) is 30.1 Å². The molecule has 1 amide bonds. The van der Waals surface area contributed by atoms with Gasteiger partial charge in [0.25, 0.3) is 0 Å². The first kappa shape index (κ1) is 16.1. The first-order valence-corrected chi connectivity index (χ1v) is 8.87. The van der Waals surface area contributed by atoms with Crippen molar-refractivity contribution in [1.82, 2.24) is 25.2 Å². The summed E-state index contributed by atoms with van der Waals surface area (Å²) in [5, 5.41) is 4.17. The summed E-state index contributed by atoms with van der Waals surface area (Å²) in [6.45, 7) is 3.74. The molecule has 132 valence electrons. The molecule has 0 aromatic carbocycles. The number of alkyl carbamates (subject to hydrolysis) is 1. The number of carbonyl (C=O) groups is 1. The number of nitrogens with zero attached hydrogens (tertiary/aromatic N) is 4. The number of anilines is 1. The van der Waals surface area contributed by atoms with Crippen molar-refractivity contribution in [2.75, 3.05) is 24.6 Å². The van der Waals surface area contributed by atoms with E-state index in [1.54, 1.807) is 13.3 Å². The molecule has 2 saturated heterocycles. The number of ether oxygens (including phenoxy) is 1. The number of amides is 1. The van der Waals surface area contributed by atoms with Gasteiger partial charge in [0.1, 0.15) is 17.8 Å². The molecule has 2 aliphatic heterocycles. The van der Waals surface area contributed by atoms with Crippen LogP contribution in [0.1, 0.15) is 19.8 Å². The predicted molar refractivity (Wildman–Crippen MR) is 97.5 cm³/mol. The largest absolute Gasteiger partial charge is 0.450 e. The highest BCUT2D eigenvalue weighted by molar-refractivity contribution is 7.80. The first-order chi connectivity index (χ1) is 12.2. The quantitative estimate of drug-likeness (QED) is 0.788. The average molecular weight is 360 g/mol. The van der Waals surface area contributed by atoms with Crippen molar-refractivity contribution < 1.29 is 9.53 Å². The summed E-state index contributed by atoms with van der Waals surface area (Å²) >= 11 is 5.44. The van der Waals surface area contributed by atoms with Gasteiger partial charge in [0.05, 0.1) is 12.0 Å². The lowest BCUT2D eigenvalue weighted by molar-refractivity contribution is 0.155. The number of fused-ring (bicyclic) bond motifs is 3. The maximum Gasteiger partial charge on any atom is 0.413 e. The van der Waals surface area contributed by atoms with Crippen molar-refractivity contribution in [1.29, 1.82) is 0 Å². The minimum absolute atomic E-state index is 0.261. The molecule has 4 heterocycles. The fraction of sp³-hybridized carbons (Fsp3) is 0.500. The topological polar surface area (TPSA) is 86.4 Å². The van der Waals surface area contributed by atoms with E-state index in [9.17, 15) is 4.79 Å². The van der Waals surface area contributed by atoms with Crippen molar-refractivity contribution in [3.8, 4) is 0 Å². The second-order valence-corrected chi connectivity index (χ2v) is 6.67. The third-order valence-electron chi connectivity index (χ3n) is 4.83. The summed E-state index contributed by atoms with van der Waals surface area (Å²) in [6, 6.07) is 2.53. The van der Waals surface area contributed by atoms with Crippen LogP contribution >= 0.6 is 12.2 Å². The lowest BCUT2D eigenvalue weighted by Crippen LogP contribution is -2.59. The summed E-state index contributed by atoms with van der Waals surface area (Å²) in [5.74, 6) is 0.951. The van der Waals surface area contributed by atoms with Gasteiger partial charge in [0, 0.05) is 31.4 Å². The maximum atomic E-state index is 11.7. The van der Waals surface area contributed by atoms with E-state index in [1.165, 1.54) is 0 Å². The maximum absolute atomic E-state index is 11.7. The van der Waals surface area contributed by atoms with Gasteiger partial charge in [-0.1, -0.05) is 0 Å². The van der Waals surface area contributed by atoms with E-state index >= 15 is 0 Å². The lowest BCUT2D eigenvalue weighted by atomic mass is 10.2. The number of H-pyrrole nitrogens is 1. The molecule has 9 heteroatoms.